The molecule has 0 spiro atoms. The maximum Gasteiger partial charge on any atom is 1.00 e. The third kappa shape index (κ3) is 6.54. The molecule has 3 heterocycles. The van der Waals surface area contributed by atoms with Gasteiger partial charge in [-0.3, -0.25) is 19.8 Å². The summed E-state index contributed by atoms with van der Waals surface area (Å²) in [6.45, 7) is 4.59. The monoisotopic (exact) mass is 535 g/mol. The minimum Gasteiger partial charge on any atom is -0.543 e. The maximum absolute atomic E-state index is 12.9. The SMILES string of the molecule is CON=C(C(=O)N[C@@H]1C(=O)N2C(C(=O)[O-])=C(CO)CS[C@@H]12)c1csc(NC(=O)OC(C)(C)C)n1.[Na+]. The second kappa shape index (κ2) is 11.7. The summed E-state index contributed by atoms with van der Waals surface area (Å²) in [4.78, 5) is 58.8. The number of thioether (sulfide) groups is 1. The molecule has 2 aliphatic rings. The fraction of sp³-hybridized carbons (Fsp3) is 0.474. The molecule has 1 aromatic rings. The molecule has 0 saturated carbocycles. The van der Waals surface area contributed by atoms with Crippen molar-refractivity contribution >= 4 is 57.8 Å². The number of carbonyl (C=O) groups is 4. The number of aromatic nitrogens is 1. The number of aliphatic hydroxyl groups excluding tert-OH is 1. The van der Waals surface area contributed by atoms with E-state index in [0.29, 0.717) is 0 Å². The van der Waals surface area contributed by atoms with E-state index in [4.69, 9.17) is 9.57 Å². The zero-order valence-electron chi connectivity index (χ0n) is 19.6. The Bertz CT molecular complexity index is 1080. The predicted octanol–water partition coefficient (Wildman–Crippen LogP) is -3.76. The van der Waals surface area contributed by atoms with Crippen LogP contribution in [0.1, 0.15) is 26.5 Å². The zero-order valence-corrected chi connectivity index (χ0v) is 23.2. The maximum atomic E-state index is 12.9. The Balaban J connectivity index is 0.00000432. The number of hydrogen-bond donors (Lipinski definition) is 3. The number of carbonyl (C=O) groups excluding carboxylic acids is 4. The molecule has 1 aromatic heterocycles. The molecule has 1 fully saturated rings. The van der Waals surface area contributed by atoms with Crippen LogP contribution in [0.2, 0.25) is 0 Å². The van der Waals surface area contributed by atoms with Gasteiger partial charge in [-0.1, -0.05) is 5.16 Å². The Labute approximate surface area is 230 Å². The van der Waals surface area contributed by atoms with Crippen molar-refractivity contribution in [1.82, 2.24) is 15.2 Å². The van der Waals surface area contributed by atoms with Crippen molar-refractivity contribution in [1.29, 1.82) is 0 Å². The number of thiazole rings is 1. The van der Waals surface area contributed by atoms with Gasteiger partial charge >= 0.3 is 35.7 Å². The van der Waals surface area contributed by atoms with Gasteiger partial charge in [0.25, 0.3) is 11.8 Å². The fourth-order valence-electron chi connectivity index (χ4n) is 3.13. The molecule has 2 atom stereocenters. The number of β-lactam (4-membered cyclic amide) rings is 1. The molecule has 35 heavy (non-hydrogen) atoms. The summed E-state index contributed by atoms with van der Waals surface area (Å²) in [7, 11) is 1.22. The van der Waals surface area contributed by atoms with E-state index in [1.807, 2.05) is 0 Å². The second-order valence-electron chi connectivity index (χ2n) is 8.05. The number of carboxylic acids is 1. The van der Waals surface area contributed by atoms with Crippen molar-refractivity contribution < 1.29 is 68.5 Å². The Morgan fingerprint density at radius 2 is 2.06 bits per heavy atom. The third-order valence-corrected chi connectivity index (χ3v) is 6.57. The van der Waals surface area contributed by atoms with Gasteiger partial charge in [0.1, 0.15) is 29.8 Å². The molecule has 0 bridgehead atoms. The number of ether oxygens (including phenoxy) is 1. The van der Waals surface area contributed by atoms with Crippen LogP contribution in [-0.4, -0.2) is 81.1 Å². The molecule has 2 aliphatic heterocycles. The third-order valence-electron chi connectivity index (χ3n) is 4.47. The number of aliphatic carboxylic acids is 1. The van der Waals surface area contributed by atoms with Crippen molar-refractivity contribution in [3.05, 3.63) is 22.3 Å². The van der Waals surface area contributed by atoms with Crippen LogP contribution in [0, 0.1) is 0 Å². The van der Waals surface area contributed by atoms with Gasteiger partial charge in [0.05, 0.1) is 18.3 Å². The van der Waals surface area contributed by atoms with Gasteiger partial charge in [0, 0.05) is 11.1 Å². The van der Waals surface area contributed by atoms with E-state index in [-0.39, 0.29) is 63.1 Å². The number of hydrogen-bond acceptors (Lipinski definition) is 12. The number of aliphatic hydroxyl groups is 1. The topological polar surface area (TPSA) is 183 Å². The summed E-state index contributed by atoms with van der Waals surface area (Å²) in [5.41, 5.74) is -1.11. The molecular formula is C19H22N5NaO8S2. The number of amides is 3. The number of carboxylic acid groups (broad SMARTS) is 1. The van der Waals surface area contributed by atoms with E-state index in [2.05, 4.69) is 20.8 Å². The predicted molar refractivity (Wildman–Crippen MR) is 120 cm³/mol. The van der Waals surface area contributed by atoms with Crippen molar-refractivity contribution in [2.24, 2.45) is 5.16 Å². The number of nitrogens with one attached hydrogen (secondary N) is 2. The van der Waals surface area contributed by atoms with E-state index in [1.165, 1.54) is 24.3 Å². The molecular weight excluding hydrogens is 513 g/mol. The number of oxime groups is 1. The van der Waals surface area contributed by atoms with Crippen LogP contribution in [-0.2, 0) is 24.0 Å². The summed E-state index contributed by atoms with van der Waals surface area (Å²) in [6, 6.07) is -1.04. The first-order valence-electron chi connectivity index (χ1n) is 9.83. The molecule has 0 unspecified atom stereocenters. The van der Waals surface area contributed by atoms with Crippen LogP contribution < -0.4 is 45.3 Å². The molecule has 13 nitrogen and oxygen atoms in total. The van der Waals surface area contributed by atoms with Crippen LogP contribution >= 0.6 is 23.1 Å². The minimum atomic E-state index is -1.58. The molecule has 0 radical (unpaired) electrons. The van der Waals surface area contributed by atoms with E-state index in [1.54, 1.807) is 20.8 Å². The van der Waals surface area contributed by atoms with Crippen LogP contribution in [0.25, 0.3) is 0 Å². The summed E-state index contributed by atoms with van der Waals surface area (Å²) in [6.07, 6.45) is -0.725. The first kappa shape index (κ1) is 29.1. The van der Waals surface area contributed by atoms with Crippen LogP contribution in [0.3, 0.4) is 0 Å². The Morgan fingerprint density at radius 1 is 1.37 bits per heavy atom. The van der Waals surface area contributed by atoms with Crippen LogP contribution in [0.5, 0.6) is 0 Å². The number of nitrogens with zero attached hydrogens (tertiary/aromatic N) is 3. The standard InChI is InChI=1S/C19H23N5O8S2.Na/c1-19(2,3)32-18(30)22-17-20-9(7-34-17)10(23-31-4)13(26)21-11-14(27)24-12(16(28)29)8(5-25)6-33-15(11)24;/h7,11,15,25H,5-6H2,1-4H3,(H,21,26)(H,28,29)(H,20,22,30);/q;+1/p-1/t11-,15+;/m1./s1. The molecule has 3 amide bonds. The van der Waals surface area contributed by atoms with Crippen molar-refractivity contribution in [2.75, 3.05) is 24.8 Å². The van der Waals surface area contributed by atoms with E-state index < -0.39 is 47.5 Å². The largest absolute Gasteiger partial charge is 1.00 e. The molecule has 3 rings (SSSR count). The number of anilines is 1. The van der Waals surface area contributed by atoms with Crippen molar-refractivity contribution in [3.8, 4) is 0 Å². The summed E-state index contributed by atoms with van der Waals surface area (Å²) < 4.78 is 5.16. The first-order chi connectivity index (χ1) is 16.0. The molecule has 1 saturated heterocycles. The van der Waals surface area contributed by atoms with E-state index in [0.717, 1.165) is 16.2 Å². The van der Waals surface area contributed by atoms with Crippen LogP contribution in [0.15, 0.2) is 21.8 Å². The van der Waals surface area contributed by atoms with Gasteiger partial charge in [-0.25, -0.2) is 9.78 Å². The Hall–Kier alpha value is -2.17. The molecule has 16 heteroatoms. The van der Waals surface area contributed by atoms with Crippen molar-refractivity contribution in [2.45, 2.75) is 37.8 Å². The van der Waals surface area contributed by atoms with Crippen molar-refractivity contribution in [3.63, 3.8) is 0 Å². The van der Waals surface area contributed by atoms with Gasteiger partial charge in [0.15, 0.2) is 10.8 Å². The van der Waals surface area contributed by atoms with Crippen LogP contribution in [0.4, 0.5) is 9.93 Å². The smallest absolute Gasteiger partial charge is 0.543 e. The van der Waals surface area contributed by atoms with Gasteiger partial charge in [-0.05, 0) is 26.3 Å². The average Bonchev–Trinajstić information content (AvgIpc) is 3.20. The second-order valence-corrected chi connectivity index (χ2v) is 10.0. The summed E-state index contributed by atoms with van der Waals surface area (Å²) in [5, 5.41) is 30.4. The quantitative estimate of drug-likeness (QED) is 0.136. The molecule has 3 N–H and O–H groups in total. The van der Waals surface area contributed by atoms with E-state index in [9.17, 15) is 29.4 Å². The van der Waals surface area contributed by atoms with Gasteiger partial charge in [-0.2, -0.15) is 0 Å². The molecule has 0 aromatic carbocycles. The minimum absolute atomic E-state index is 0. The zero-order chi connectivity index (χ0) is 25.2. The van der Waals surface area contributed by atoms with E-state index >= 15 is 0 Å². The van der Waals surface area contributed by atoms with Gasteiger partial charge in [-0.15, -0.1) is 23.1 Å². The van der Waals surface area contributed by atoms with Gasteiger partial charge < -0.3 is 29.9 Å². The molecule has 184 valence electrons. The summed E-state index contributed by atoms with van der Waals surface area (Å²) >= 11 is 2.21. The Morgan fingerprint density at radius 3 is 2.63 bits per heavy atom. The summed E-state index contributed by atoms with van der Waals surface area (Å²) in [5.74, 6) is -2.88. The normalized spacial score (nSPS) is 19.7. The first-order valence-corrected chi connectivity index (χ1v) is 11.8. The van der Waals surface area contributed by atoms with Gasteiger partial charge in [0.2, 0.25) is 0 Å². The fourth-order valence-corrected chi connectivity index (χ4v) is 5.15. The number of rotatable bonds is 7. The Kier molecular flexibility index (Phi) is 9.72. The average molecular weight is 536 g/mol. The number of fused-ring (bicyclic) bond motifs is 1. The molecule has 0 aliphatic carbocycles.